The third-order valence-electron chi connectivity index (χ3n) is 9.23. The summed E-state index contributed by atoms with van der Waals surface area (Å²) in [5.41, 5.74) is 0.368. The second kappa shape index (κ2) is 14.3. The monoisotopic (exact) mass is 792 g/mol. The smallest absolute Gasteiger partial charge is 0.327 e. The fourth-order valence-corrected chi connectivity index (χ4v) is 11.0. The summed E-state index contributed by atoms with van der Waals surface area (Å²) in [5, 5.41) is 30.0. The van der Waals surface area contributed by atoms with Crippen molar-refractivity contribution in [2.24, 2.45) is 0 Å². The van der Waals surface area contributed by atoms with Crippen molar-refractivity contribution >= 4 is 75.2 Å². The lowest BCUT2D eigenvalue weighted by atomic mass is 9.94. The van der Waals surface area contributed by atoms with E-state index in [1.807, 2.05) is 0 Å². The normalized spacial score (nSPS) is 27.3. The molecule has 0 bridgehead atoms. The summed E-state index contributed by atoms with van der Waals surface area (Å²) in [6.45, 7) is 6.83. The Hall–Kier alpha value is -4.66. The number of hydrogen-bond donors (Lipinski definition) is 6. The summed E-state index contributed by atoms with van der Waals surface area (Å²) in [7, 11) is -4.77. The number of thioether (sulfide) groups is 2. The molecule has 0 spiro atoms. The Bertz CT molecular complexity index is 1960. The predicted octanol–water partition coefficient (Wildman–Crippen LogP) is 0.734. The van der Waals surface area contributed by atoms with E-state index in [1.54, 1.807) is 52.0 Å². The van der Waals surface area contributed by atoms with Crippen LogP contribution in [0.5, 0.6) is 0 Å². The summed E-state index contributed by atoms with van der Waals surface area (Å²) >= 11 is 2.51. The van der Waals surface area contributed by atoms with Crippen LogP contribution in [-0.4, -0.2) is 124 Å². The molecule has 0 aliphatic carbocycles. The van der Waals surface area contributed by atoms with Gasteiger partial charge in [-0.1, -0.05) is 60.7 Å². The minimum Gasteiger partial charge on any atom is -0.480 e. The van der Waals surface area contributed by atoms with Gasteiger partial charge in [0, 0.05) is 9.49 Å². The lowest BCUT2D eigenvalue weighted by molar-refractivity contribution is -0.161. The number of amides is 4. The minimum absolute atomic E-state index is 0.0592. The quantitative estimate of drug-likeness (QED) is 0.110. The number of benzene rings is 2. The summed E-state index contributed by atoms with van der Waals surface area (Å²) in [5.74, 6) is -7.94. The molecule has 8 atom stereocenters. The third kappa shape index (κ3) is 7.32. The van der Waals surface area contributed by atoms with Crippen molar-refractivity contribution in [2.45, 2.75) is 83.3 Å². The molecule has 6 rings (SSSR count). The number of carboxylic acid groups (broad SMARTS) is 3. The van der Waals surface area contributed by atoms with Gasteiger partial charge in [0.15, 0.2) is 11.2 Å². The van der Waals surface area contributed by atoms with Gasteiger partial charge in [0.2, 0.25) is 23.6 Å². The molecule has 1 unspecified atom stereocenters. The molecule has 4 heterocycles. The van der Waals surface area contributed by atoms with Gasteiger partial charge in [0.1, 0.15) is 34.9 Å². The van der Waals surface area contributed by atoms with Gasteiger partial charge in [-0.15, -0.1) is 23.5 Å². The van der Waals surface area contributed by atoms with E-state index in [0.29, 0.717) is 5.56 Å². The average Bonchev–Trinajstić information content (AvgIpc) is 3.47. The van der Waals surface area contributed by atoms with Gasteiger partial charge in [-0.3, -0.25) is 28.5 Å². The van der Waals surface area contributed by atoms with Crippen LogP contribution in [0.1, 0.15) is 50.0 Å². The SMILES string of the molecule is CC1(C)S[C@@H]2[C@H](NC(=O)C(C(=O)O)c3ccccc3)C(=O)N2[C@H]1C(=O)O.CC1(C)S[C@@H]2[C@H](NC(=O)[C@@H](c3ccccc3)S(=O)(=O)O)C(=O)N2[C@H]1C(=O)O. The highest BCUT2D eigenvalue weighted by atomic mass is 32.2. The van der Waals surface area contributed by atoms with Crippen LogP contribution in [0, 0.1) is 0 Å². The molecule has 4 aliphatic heterocycles. The molecule has 17 nitrogen and oxygen atoms in total. The Morgan fingerprint density at radius 2 is 1.06 bits per heavy atom. The van der Waals surface area contributed by atoms with Crippen molar-refractivity contribution in [1.29, 1.82) is 0 Å². The van der Waals surface area contributed by atoms with Crippen LogP contribution in [0.2, 0.25) is 0 Å². The average molecular weight is 793 g/mol. The summed E-state index contributed by atoms with van der Waals surface area (Å²) in [6.07, 6.45) is 0. The van der Waals surface area contributed by atoms with Gasteiger partial charge < -0.3 is 35.8 Å². The molecule has 53 heavy (non-hydrogen) atoms. The van der Waals surface area contributed by atoms with E-state index >= 15 is 0 Å². The molecule has 0 saturated carbocycles. The van der Waals surface area contributed by atoms with Crippen LogP contribution in [0.15, 0.2) is 60.7 Å². The molecular weight excluding hydrogens is 757 g/mol. The molecular formula is C33H36N4O13S3. The van der Waals surface area contributed by atoms with Crippen LogP contribution in [0.25, 0.3) is 0 Å². The van der Waals surface area contributed by atoms with Crippen molar-refractivity contribution in [1.82, 2.24) is 20.4 Å². The van der Waals surface area contributed by atoms with E-state index in [9.17, 15) is 61.9 Å². The van der Waals surface area contributed by atoms with E-state index in [-0.39, 0.29) is 5.56 Å². The first kappa shape index (κ1) is 39.5. The highest BCUT2D eigenvalue weighted by molar-refractivity contribution is 8.02. The van der Waals surface area contributed by atoms with Gasteiger partial charge in [0.25, 0.3) is 10.1 Å². The molecule has 2 aromatic rings. The Balaban J connectivity index is 0.000000204. The molecule has 2 aromatic carbocycles. The molecule has 4 amide bonds. The van der Waals surface area contributed by atoms with Crippen LogP contribution in [-0.2, 0) is 43.7 Å². The summed E-state index contributed by atoms with van der Waals surface area (Å²) in [4.78, 5) is 86.8. The first-order valence-electron chi connectivity index (χ1n) is 16.0. The largest absolute Gasteiger partial charge is 0.480 e. The van der Waals surface area contributed by atoms with Crippen molar-refractivity contribution in [2.75, 3.05) is 0 Å². The molecule has 0 aromatic heterocycles. The van der Waals surface area contributed by atoms with Gasteiger partial charge in [0.05, 0.1) is 0 Å². The number of nitrogens with one attached hydrogen (secondary N) is 2. The van der Waals surface area contributed by atoms with E-state index in [1.165, 1.54) is 69.7 Å². The van der Waals surface area contributed by atoms with Gasteiger partial charge in [-0.2, -0.15) is 8.42 Å². The lowest BCUT2D eigenvalue weighted by Crippen LogP contribution is -2.71. The number of aliphatic carboxylic acids is 3. The van der Waals surface area contributed by atoms with E-state index in [2.05, 4.69) is 10.6 Å². The molecule has 0 radical (unpaired) electrons. The second-order valence-corrected chi connectivity index (χ2v) is 18.7. The number of hydrogen-bond acceptors (Lipinski definition) is 11. The lowest BCUT2D eigenvalue weighted by Gasteiger charge is -2.43. The number of rotatable bonds is 10. The maximum atomic E-state index is 12.6. The second-order valence-electron chi connectivity index (χ2n) is 13.7. The van der Waals surface area contributed by atoms with Crippen molar-refractivity contribution in [3.8, 4) is 0 Å². The van der Waals surface area contributed by atoms with Crippen molar-refractivity contribution in [3.05, 3.63) is 71.8 Å². The topological polar surface area (TPSA) is 265 Å². The number of carboxylic acids is 3. The summed E-state index contributed by atoms with van der Waals surface area (Å²) in [6, 6.07) is 11.4. The summed E-state index contributed by atoms with van der Waals surface area (Å²) < 4.78 is 31.5. The number of fused-ring (bicyclic) bond motifs is 2. The Morgan fingerprint density at radius 3 is 1.42 bits per heavy atom. The molecule has 284 valence electrons. The van der Waals surface area contributed by atoms with E-state index in [0.717, 1.165) is 0 Å². The number of carbonyl (C=O) groups is 7. The highest BCUT2D eigenvalue weighted by Crippen LogP contribution is 2.52. The number of carbonyl (C=O) groups excluding carboxylic acids is 4. The predicted molar refractivity (Wildman–Crippen MR) is 189 cm³/mol. The Kier molecular flexibility index (Phi) is 10.7. The maximum absolute atomic E-state index is 12.6. The van der Waals surface area contributed by atoms with Crippen LogP contribution < -0.4 is 10.6 Å². The molecule has 6 N–H and O–H groups in total. The maximum Gasteiger partial charge on any atom is 0.327 e. The van der Waals surface area contributed by atoms with E-state index in [4.69, 9.17) is 0 Å². The fraction of sp³-hybridized carbons (Fsp3) is 0.424. The minimum atomic E-state index is -4.77. The molecule has 20 heteroatoms. The van der Waals surface area contributed by atoms with Crippen LogP contribution in [0.3, 0.4) is 0 Å². The highest BCUT2D eigenvalue weighted by Gasteiger charge is 2.65. The fourth-order valence-electron chi connectivity index (χ4n) is 6.89. The standard InChI is InChI=1S/C17H18N2O6S.C16H18N2O7S2/c1-17(2)11(16(24)25)19-13(21)10(14(19)26-17)18-12(20)9(15(22)23)8-6-4-3-5-7-8;1-16(2)11(15(21)22)18-13(20)9(14(18)26-16)17-12(19)10(27(23,24)25)8-6-4-3-5-7-8/h3-7,9-11,14H,1-2H3,(H,18,20)(H,22,23)(H,24,25);3-7,9-11,14H,1-2H3,(H,17,19)(H,21,22)(H,23,24,25)/t9?,10-,11+,14-;9-,10-,11+,14-/m11/s1. The van der Waals surface area contributed by atoms with E-state index < -0.39 is 107 Å². The molecule has 4 saturated heterocycles. The Labute approximate surface area is 311 Å². The Morgan fingerprint density at radius 1 is 0.679 bits per heavy atom. The zero-order valence-electron chi connectivity index (χ0n) is 28.5. The van der Waals surface area contributed by atoms with Gasteiger partial charge >= 0.3 is 17.9 Å². The first-order valence-corrected chi connectivity index (χ1v) is 19.2. The molecule has 4 fully saturated rings. The number of nitrogens with zero attached hydrogens (tertiary/aromatic N) is 2. The van der Waals surface area contributed by atoms with Gasteiger partial charge in [-0.05, 0) is 38.8 Å². The zero-order chi connectivity index (χ0) is 39.4. The molecule has 4 aliphatic rings. The third-order valence-corrected chi connectivity index (χ3v) is 13.5. The van der Waals surface area contributed by atoms with Crippen molar-refractivity contribution in [3.63, 3.8) is 0 Å². The first-order chi connectivity index (χ1) is 24.6. The van der Waals surface area contributed by atoms with Gasteiger partial charge in [-0.25, -0.2) is 9.59 Å². The number of β-lactam (4-membered cyclic amide) rings is 2. The van der Waals surface area contributed by atoms with Crippen LogP contribution >= 0.6 is 23.5 Å². The zero-order valence-corrected chi connectivity index (χ0v) is 30.9. The van der Waals surface area contributed by atoms with Crippen molar-refractivity contribution < 1.29 is 61.9 Å². The van der Waals surface area contributed by atoms with Crippen LogP contribution in [0.4, 0.5) is 0 Å².